The fourth-order valence-corrected chi connectivity index (χ4v) is 3.59. The molecule has 0 bridgehead atoms. The summed E-state index contributed by atoms with van der Waals surface area (Å²) >= 11 is 0. The minimum Gasteiger partial charge on any atom is -0.313 e. The fourth-order valence-electron chi connectivity index (χ4n) is 2.07. The van der Waals surface area contributed by atoms with Crippen LogP contribution in [0, 0.1) is 0 Å². The van der Waals surface area contributed by atoms with Crippen LogP contribution in [0.5, 0.6) is 0 Å². The standard InChI is InChI=1S/C15H26N2O2S/c1-4-6-9-13(3)17-20(18,19)15-11-8-7-10-14(15)12-16-5-2/h7-8,10-11,13,16-17H,4-6,9,12H2,1-3H3. The molecule has 5 heteroatoms. The molecule has 0 heterocycles. The Labute approximate surface area is 123 Å². The Morgan fingerprint density at radius 1 is 1.20 bits per heavy atom. The lowest BCUT2D eigenvalue weighted by Gasteiger charge is -2.16. The summed E-state index contributed by atoms with van der Waals surface area (Å²) in [5, 5.41) is 3.17. The first-order valence-electron chi connectivity index (χ1n) is 7.32. The minimum atomic E-state index is -3.44. The molecule has 0 fully saturated rings. The van der Waals surface area contributed by atoms with E-state index in [0.29, 0.717) is 11.4 Å². The molecule has 0 saturated heterocycles. The van der Waals surface area contributed by atoms with Gasteiger partial charge in [-0.15, -0.1) is 0 Å². The summed E-state index contributed by atoms with van der Waals surface area (Å²) < 4.78 is 27.7. The molecule has 0 spiro atoms. The molecule has 0 saturated carbocycles. The lowest BCUT2D eigenvalue weighted by Crippen LogP contribution is -2.33. The van der Waals surface area contributed by atoms with Gasteiger partial charge in [0.1, 0.15) is 0 Å². The van der Waals surface area contributed by atoms with E-state index in [1.165, 1.54) is 0 Å². The number of hydrogen-bond acceptors (Lipinski definition) is 3. The average molecular weight is 298 g/mol. The van der Waals surface area contributed by atoms with Crippen molar-refractivity contribution in [3.05, 3.63) is 29.8 Å². The van der Waals surface area contributed by atoms with Crippen molar-refractivity contribution in [3.63, 3.8) is 0 Å². The number of nitrogens with one attached hydrogen (secondary N) is 2. The summed E-state index contributed by atoms with van der Waals surface area (Å²) in [5.41, 5.74) is 0.810. The SMILES string of the molecule is CCCCC(C)NS(=O)(=O)c1ccccc1CNCC. The van der Waals surface area contributed by atoms with E-state index in [1.54, 1.807) is 12.1 Å². The molecule has 0 aliphatic heterocycles. The Balaban J connectivity index is 2.86. The van der Waals surface area contributed by atoms with Crippen molar-refractivity contribution in [1.29, 1.82) is 0 Å². The number of unbranched alkanes of at least 4 members (excludes halogenated alkanes) is 1. The number of rotatable bonds is 9. The highest BCUT2D eigenvalue weighted by molar-refractivity contribution is 7.89. The van der Waals surface area contributed by atoms with Gasteiger partial charge < -0.3 is 5.32 Å². The highest BCUT2D eigenvalue weighted by Gasteiger charge is 2.19. The van der Waals surface area contributed by atoms with Crippen LogP contribution in [0.25, 0.3) is 0 Å². The van der Waals surface area contributed by atoms with Crippen LogP contribution in [-0.2, 0) is 16.6 Å². The first-order chi connectivity index (χ1) is 9.51. The smallest absolute Gasteiger partial charge is 0.241 e. The Bertz CT molecular complexity index is 500. The van der Waals surface area contributed by atoms with Gasteiger partial charge in [0.25, 0.3) is 0 Å². The van der Waals surface area contributed by atoms with Gasteiger partial charge in [0.2, 0.25) is 10.0 Å². The van der Waals surface area contributed by atoms with Crippen molar-refractivity contribution in [1.82, 2.24) is 10.0 Å². The maximum absolute atomic E-state index is 12.5. The van der Waals surface area contributed by atoms with Crippen LogP contribution in [0.1, 0.15) is 45.6 Å². The summed E-state index contributed by atoms with van der Waals surface area (Å²) in [6.07, 6.45) is 2.97. The third-order valence-corrected chi connectivity index (χ3v) is 4.86. The topological polar surface area (TPSA) is 58.2 Å². The molecule has 114 valence electrons. The maximum atomic E-state index is 12.5. The van der Waals surface area contributed by atoms with Gasteiger partial charge in [0.05, 0.1) is 4.90 Å². The average Bonchev–Trinajstić information content (AvgIpc) is 2.42. The van der Waals surface area contributed by atoms with Crippen LogP contribution in [0.2, 0.25) is 0 Å². The molecule has 20 heavy (non-hydrogen) atoms. The second-order valence-electron chi connectivity index (χ2n) is 5.05. The summed E-state index contributed by atoms with van der Waals surface area (Å²) in [7, 11) is -3.44. The normalized spacial score (nSPS) is 13.3. The van der Waals surface area contributed by atoms with Crippen LogP contribution in [0.3, 0.4) is 0 Å². The zero-order chi connectivity index (χ0) is 15.0. The Kier molecular flexibility index (Phi) is 7.19. The van der Waals surface area contributed by atoms with Crippen molar-refractivity contribution in [2.75, 3.05) is 6.54 Å². The molecule has 0 aliphatic carbocycles. The molecule has 0 radical (unpaired) electrons. The number of benzene rings is 1. The van der Waals surface area contributed by atoms with Crippen molar-refractivity contribution in [2.45, 2.75) is 57.5 Å². The second-order valence-corrected chi connectivity index (χ2v) is 6.74. The van der Waals surface area contributed by atoms with E-state index in [0.717, 1.165) is 31.4 Å². The van der Waals surface area contributed by atoms with Gasteiger partial charge in [-0.25, -0.2) is 13.1 Å². The minimum absolute atomic E-state index is 0.0351. The Morgan fingerprint density at radius 3 is 2.55 bits per heavy atom. The molecule has 0 aromatic heterocycles. The first kappa shape index (κ1) is 17.1. The van der Waals surface area contributed by atoms with E-state index in [9.17, 15) is 8.42 Å². The van der Waals surface area contributed by atoms with Crippen LogP contribution in [0.15, 0.2) is 29.2 Å². The first-order valence-corrected chi connectivity index (χ1v) is 8.80. The van der Waals surface area contributed by atoms with Crippen molar-refractivity contribution < 1.29 is 8.42 Å². The summed E-state index contributed by atoms with van der Waals surface area (Å²) in [5.74, 6) is 0. The Morgan fingerprint density at radius 2 is 1.90 bits per heavy atom. The molecule has 4 nitrogen and oxygen atoms in total. The van der Waals surface area contributed by atoms with Gasteiger partial charge in [0, 0.05) is 12.6 Å². The summed E-state index contributed by atoms with van der Waals surface area (Å²) in [4.78, 5) is 0.379. The zero-order valence-corrected chi connectivity index (χ0v) is 13.5. The van der Waals surface area contributed by atoms with Gasteiger partial charge in [-0.3, -0.25) is 0 Å². The van der Waals surface area contributed by atoms with E-state index < -0.39 is 10.0 Å². The van der Waals surface area contributed by atoms with Crippen LogP contribution < -0.4 is 10.0 Å². The molecule has 1 aromatic rings. The molecule has 2 N–H and O–H groups in total. The Hall–Kier alpha value is -0.910. The van der Waals surface area contributed by atoms with Crippen LogP contribution >= 0.6 is 0 Å². The predicted octanol–water partition coefficient (Wildman–Crippen LogP) is 2.65. The van der Waals surface area contributed by atoms with Crippen molar-refractivity contribution >= 4 is 10.0 Å². The van der Waals surface area contributed by atoms with Gasteiger partial charge in [-0.2, -0.15) is 0 Å². The maximum Gasteiger partial charge on any atom is 0.241 e. The summed E-state index contributed by atoms with van der Waals surface area (Å²) in [6.45, 7) is 7.40. The van der Waals surface area contributed by atoms with Gasteiger partial charge in [-0.1, -0.05) is 44.9 Å². The number of hydrogen-bond donors (Lipinski definition) is 2. The lowest BCUT2D eigenvalue weighted by atomic mass is 10.2. The second kappa shape index (κ2) is 8.39. The monoisotopic (exact) mass is 298 g/mol. The number of sulfonamides is 1. The zero-order valence-electron chi connectivity index (χ0n) is 12.6. The van der Waals surface area contributed by atoms with E-state index in [4.69, 9.17) is 0 Å². The highest BCUT2D eigenvalue weighted by atomic mass is 32.2. The third-order valence-electron chi connectivity index (χ3n) is 3.17. The largest absolute Gasteiger partial charge is 0.313 e. The van der Waals surface area contributed by atoms with E-state index in [2.05, 4.69) is 17.0 Å². The lowest BCUT2D eigenvalue weighted by molar-refractivity contribution is 0.533. The van der Waals surface area contributed by atoms with Gasteiger partial charge >= 0.3 is 0 Å². The predicted molar refractivity (Wildman–Crippen MR) is 83.1 cm³/mol. The summed E-state index contributed by atoms with van der Waals surface area (Å²) in [6, 6.07) is 7.12. The third kappa shape index (κ3) is 5.23. The highest BCUT2D eigenvalue weighted by Crippen LogP contribution is 2.16. The van der Waals surface area contributed by atoms with E-state index >= 15 is 0 Å². The van der Waals surface area contributed by atoms with E-state index in [1.807, 2.05) is 26.0 Å². The molecule has 1 unspecified atom stereocenters. The van der Waals surface area contributed by atoms with Crippen molar-refractivity contribution in [2.24, 2.45) is 0 Å². The van der Waals surface area contributed by atoms with Crippen LogP contribution in [0.4, 0.5) is 0 Å². The molecule has 1 aromatic carbocycles. The molecule has 0 aliphatic rings. The van der Waals surface area contributed by atoms with Crippen LogP contribution in [-0.4, -0.2) is 21.0 Å². The molecular formula is C15H26N2O2S. The molecule has 0 amide bonds. The molecule has 1 atom stereocenters. The molecule has 1 rings (SSSR count). The van der Waals surface area contributed by atoms with E-state index in [-0.39, 0.29) is 6.04 Å². The fraction of sp³-hybridized carbons (Fsp3) is 0.600. The van der Waals surface area contributed by atoms with Gasteiger partial charge in [0.15, 0.2) is 0 Å². The quantitative estimate of drug-likeness (QED) is 0.737. The van der Waals surface area contributed by atoms with Gasteiger partial charge in [-0.05, 0) is 31.5 Å². The molecular weight excluding hydrogens is 272 g/mol. The van der Waals surface area contributed by atoms with Crippen molar-refractivity contribution in [3.8, 4) is 0 Å².